The van der Waals surface area contributed by atoms with Crippen molar-refractivity contribution in [3.8, 4) is 0 Å². The minimum atomic E-state index is 0.492. The number of rotatable bonds is 2. The molecule has 1 aliphatic heterocycles. The van der Waals surface area contributed by atoms with Gasteiger partial charge in [-0.2, -0.15) is 0 Å². The van der Waals surface area contributed by atoms with Gasteiger partial charge in [-0.3, -0.25) is 4.98 Å². The molecule has 4 atom stereocenters. The molecule has 1 aliphatic rings. The summed E-state index contributed by atoms with van der Waals surface area (Å²) in [5.74, 6) is 2.64. The second-order valence-corrected chi connectivity index (χ2v) is 9.58. The molecule has 1 unspecified atom stereocenters. The third-order valence-electron chi connectivity index (χ3n) is 5.28. The van der Waals surface area contributed by atoms with Gasteiger partial charge in [0.25, 0.3) is 0 Å². The van der Waals surface area contributed by atoms with E-state index < -0.39 is 0 Å². The Morgan fingerprint density at radius 1 is 1.14 bits per heavy atom. The minimum absolute atomic E-state index is 0.492. The first-order valence-corrected chi connectivity index (χ1v) is 9.83. The topological polar surface area (TPSA) is 12.9 Å². The number of nitrogens with zero attached hydrogens (tertiary/aromatic N) is 1. The maximum absolute atomic E-state index is 5.01. The van der Waals surface area contributed by atoms with E-state index in [1.54, 1.807) is 5.56 Å². The van der Waals surface area contributed by atoms with E-state index in [1.807, 2.05) is 0 Å². The summed E-state index contributed by atoms with van der Waals surface area (Å²) < 4.78 is 0. The van der Waals surface area contributed by atoms with Crippen LogP contribution in [0.3, 0.4) is 0 Å². The molecule has 2 rings (SSSR count). The molecule has 0 spiro atoms. The number of fused-ring (bicyclic) bond motifs is 1. The summed E-state index contributed by atoms with van der Waals surface area (Å²) >= 11 is 2.11. The molecule has 0 amide bonds. The van der Waals surface area contributed by atoms with Crippen LogP contribution < -0.4 is 0 Å². The Bertz CT molecular complexity index is 521. The fourth-order valence-electron chi connectivity index (χ4n) is 3.76. The fraction of sp³-hybridized carbons (Fsp3) is 0.750. The lowest BCUT2D eigenvalue weighted by Gasteiger charge is -2.36. The summed E-state index contributed by atoms with van der Waals surface area (Å²) in [6.45, 7) is 18.8. The Hall–Kier alpha value is -0.500. The first-order valence-electron chi connectivity index (χ1n) is 8.89. The molecule has 0 aromatic carbocycles. The van der Waals surface area contributed by atoms with Crippen LogP contribution in [-0.4, -0.2) is 10.2 Å². The quantitative estimate of drug-likeness (QED) is 0.619. The van der Waals surface area contributed by atoms with Crippen LogP contribution in [-0.2, 0) is 0 Å². The number of hydrogen-bond acceptors (Lipinski definition) is 2. The highest BCUT2D eigenvalue weighted by atomic mass is 32.2. The van der Waals surface area contributed by atoms with Gasteiger partial charge < -0.3 is 0 Å². The molecule has 0 aliphatic carbocycles. The molecule has 1 nitrogen and oxygen atoms in total. The van der Waals surface area contributed by atoms with Crippen LogP contribution in [0.1, 0.15) is 94.5 Å². The van der Waals surface area contributed by atoms with E-state index in [1.165, 1.54) is 23.4 Å². The van der Waals surface area contributed by atoms with E-state index in [0.717, 1.165) is 5.92 Å². The molecule has 22 heavy (non-hydrogen) atoms. The third-order valence-corrected chi connectivity index (χ3v) is 6.80. The van der Waals surface area contributed by atoms with E-state index in [9.17, 15) is 0 Å². The zero-order valence-electron chi connectivity index (χ0n) is 15.6. The summed E-state index contributed by atoms with van der Waals surface area (Å²) in [4.78, 5) is 5.01. The molecule has 0 saturated carbocycles. The van der Waals surface area contributed by atoms with Crippen molar-refractivity contribution >= 4 is 11.8 Å². The molecule has 1 aromatic heterocycles. The average molecular weight is 320 g/mol. The second kappa shape index (κ2) is 6.95. The van der Waals surface area contributed by atoms with Crippen molar-refractivity contribution in [2.45, 2.75) is 84.1 Å². The van der Waals surface area contributed by atoms with Crippen LogP contribution in [0.15, 0.2) is 6.07 Å². The van der Waals surface area contributed by atoms with Gasteiger partial charge in [-0.25, -0.2) is 0 Å². The number of aryl methyl sites for hydroxylation is 1. The highest BCUT2D eigenvalue weighted by molar-refractivity contribution is 8.00. The molecule has 0 bridgehead atoms. The van der Waals surface area contributed by atoms with E-state index in [4.69, 9.17) is 4.98 Å². The zero-order valence-corrected chi connectivity index (χ0v) is 16.4. The second-order valence-electron chi connectivity index (χ2n) is 7.85. The molecular formula is C20H33NS. The number of pyridine rings is 1. The van der Waals surface area contributed by atoms with Crippen molar-refractivity contribution in [2.24, 2.45) is 11.8 Å². The Labute approximate surface area is 141 Å². The van der Waals surface area contributed by atoms with Crippen LogP contribution in [0.2, 0.25) is 0 Å². The summed E-state index contributed by atoms with van der Waals surface area (Å²) in [7, 11) is 0. The van der Waals surface area contributed by atoms with Crippen LogP contribution >= 0.6 is 11.8 Å². The van der Waals surface area contributed by atoms with E-state index in [2.05, 4.69) is 73.2 Å². The molecule has 0 saturated heterocycles. The lowest BCUT2D eigenvalue weighted by Crippen LogP contribution is -2.24. The van der Waals surface area contributed by atoms with Gasteiger partial charge in [0.1, 0.15) is 0 Å². The Morgan fingerprint density at radius 2 is 1.77 bits per heavy atom. The summed E-state index contributed by atoms with van der Waals surface area (Å²) in [6.07, 6.45) is 1.29. The number of thioether (sulfide) groups is 1. The monoisotopic (exact) mass is 319 g/mol. The third kappa shape index (κ3) is 3.53. The molecule has 2 heterocycles. The van der Waals surface area contributed by atoms with Crippen molar-refractivity contribution in [1.82, 2.24) is 4.98 Å². The normalized spacial score (nSPS) is 29.4. The van der Waals surface area contributed by atoms with Gasteiger partial charge in [-0.15, -0.1) is 11.8 Å². The first kappa shape index (κ1) is 17.8. The largest absolute Gasteiger partial charge is 0.257 e. The van der Waals surface area contributed by atoms with Gasteiger partial charge in [0.15, 0.2) is 0 Å². The minimum Gasteiger partial charge on any atom is -0.257 e. The Kier molecular flexibility index (Phi) is 5.63. The molecule has 0 fully saturated rings. The summed E-state index contributed by atoms with van der Waals surface area (Å²) in [5, 5.41) is 1.20. The van der Waals surface area contributed by atoms with Crippen LogP contribution in [0, 0.1) is 18.8 Å². The SMILES string of the molecule is Cc1cc(C(C)C)c2c(n1)[C@H](C)S[C@H](C)[C@H](C)CC2C(C)C. The predicted octanol–water partition coefficient (Wildman–Crippen LogP) is 6.48. The van der Waals surface area contributed by atoms with Gasteiger partial charge >= 0.3 is 0 Å². The molecular weight excluding hydrogens is 286 g/mol. The van der Waals surface area contributed by atoms with E-state index in [0.29, 0.717) is 28.3 Å². The molecule has 0 N–H and O–H groups in total. The van der Waals surface area contributed by atoms with Crippen LogP contribution in [0.5, 0.6) is 0 Å². The molecule has 2 heteroatoms. The Morgan fingerprint density at radius 3 is 2.32 bits per heavy atom. The molecule has 124 valence electrons. The summed E-state index contributed by atoms with van der Waals surface area (Å²) in [5.41, 5.74) is 5.66. The van der Waals surface area contributed by atoms with Crippen LogP contribution in [0.25, 0.3) is 0 Å². The van der Waals surface area contributed by atoms with Gasteiger partial charge in [0.2, 0.25) is 0 Å². The standard InChI is InChI=1S/C20H33NS/c1-11(2)17-9-13(5)15(7)22-16(8)20-19(17)18(12(3)4)10-14(6)21-20/h10-13,15-17H,9H2,1-8H3/t13-,15-,16+,17?/m1/s1. The highest BCUT2D eigenvalue weighted by Gasteiger charge is 2.33. The maximum Gasteiger partial charge on any atom is 0.0571 e. The predicted molar refractivity (Wildman–Crippen MR) is 99.9 cm³/mol. The highest BCUT2D eigenvalue weighted by Crippen LogP contribution is 2.47. The van der Waals surface area contributed by atoms with Gasteiger partial charge in [-0.05, 0) is 61.1 Å². The van der Waals surface area contributed by atoms with Crippen molar-refractivity contribution in [3.05, 3.63) is 28.6 Å². The summed E-state index contributed by atoms with van der Waals surface area (Å²) in [6, 6.07) is 2.34. The van der Waals surface area contributed by atoms with E-state index >= 15 is 0 Å². The fourth-order valence-corrected chi connectivity index (χ4v) is 5.09. The van der Waals surface area contributed by atoms with Crippen molar-refractivity contribution in [1.29, 1.82) is 0 Å². The number of hydrogen-bond donors (Lipinski definition) is 0. The van der Waals surface area contributed by atoms with Gasteiger partial charge in [0.05, 0.1) is 5.69 Å². The lowest BCUT2D eigenvalue weighted by atomic mass is 9.76. The smallest absolute Gasteiger partial charge is 0.0571 e. The zero-order chi connectivity index (χ0) is 16.6. The first-order chi connectivity index (χ1) is 10.2. The van der Waals surface area contributed by atoms with Crippen molar-refractivity contribution < 1.29 is 0 Å². The van der Waals surface area contributed by atoms with E-state index in [-0.39, 0.29) is 0 Å². The number of aromatic nitrogens is 1. The van der Waals surface area contributed by atoms with Gasteiger partial charge in [0, 0.05) is 16.2 Å². The van der Waals surface area contributed by atoms with Crippen molar-refractivity contribution in [3.63, 3.8) is 0 Å². The van der Waals surface area contributed by atoms with Crippen LogP contribution in [0.4, 0.5) is 0 Å². The molecule has 0 radical (unpaired) electrons. The van der Waals surface area contributed by atoms with Gasteiger partial charge in [-0.1, -0.05) is 41.5 Å². The van der Waals surface area contributed by atoms with Crippen molar-refractivity contribution in [2.75, 3.05) is 0 Å². The maximum atomic E-state index is 5.01. The lowest BCUT2D eigenvalue weighted by molar-refractivity contribution is 0.380. The average Bonchev–Trinajstić information content (AvgIpc) is 2.42. The Balaban J connectivity index is 2.68. The molecule has 1 aromatic rings.